The average Bonchev–Trinajstić information content (AvgIpc) is 2.72. The zero-order valence-electron chi connectivity index (χ0n) is 9.54. The first-order valence-electron chi connectivity index (χ1n) is 5.20. The number of halogens is 2. The molecular formula is C12H10BrFN2OS. The van der Waals surface area contributed by atoms with Crippen LogP contribution in [0.3, 0.4) is 0 Å². The van der Waals surface area contributed by atoms with Crippen LogP contribution in [0.4, 0.5) is 4.39 Å². The van der Waals surface area contributed by atoms with Crippen LogP contribution in [-0.2, 0) is 6.54 Å². The van der Waals surface area contributed by atoms with Crippen LogP contribution in [0.15, 0.2) is 28.2 Å². The number of rotatable bonds is 3. The van der Waals surface area contributed by atoms with Gasteiger partial charge in [0.2, 0.25) is 0 Å². The molecule has 6 heteroatoms. The number of aromatic nitrogens is 1. The van der Waals surface area contributed by atoms with Crippen LogP contribution in [0.1, 0.15) is 20.9 Å². The summed E-state index contributed by atoms with van der Waals surface area (Å²) in [6.45, 7) is 2.23. The first-order chi connectivity index (χ1) is 8.59. The molecule has 3 nitrogen and oxygen atoms in total. The molecule has 0 saturated heterocycles. The summed E-state index contributed by atoms with van der Waals surface area (Å²) in [5.74, 6) is -0.976. The SMILES string of the molecule is Cc1ncsc1CNC(=O)c1c(F)cccc1Br. The highest BCUT2D eigenvalue weighted by Crippen LogP contribution is 2.20. The molecule has 0 aliphatic carbocycles. The van der Waals surface area contributed by atoms with Crippen molar-refractivity contribution in [2.45, 2.75) is 13.5 Å². The summed E-state index contributed by atoms with van der Waals surface area (Å²) >= 11 is 4.63. The van der Waals surface area contributed by atoms with E-state index in [2.05, 4.69) is 26.2 Å². The Balaban J connectivity index is 2.11. The molecule has 0 radical (unpaired) electrons. The molecular weight excluding hydrogens is 319 g/mol. The normalized spacial score (nSPS) is 10.4. The Morgan fingerprint density at radius 1 is 1.56 bits per heavy atom. The Labute approximate surface area is 116 Å². The number of benzene rings is 1. The van der Waals surface area contributed by atoms with Crippen molar-refractivity contribution in [1.82, 2.24) is 10.3 Å². The molecule has 1 amide bonds. The highest BCUT2D eigenvalue weighted by atomic mass is 79.9. The molecule has 18 heavy (non-hydrogen) atoms. The van der Waals surface area contributed by atoms with Gasteiger partial charge in [-0.1, -0.05) is 6.07 Å². The van der Waals surface area contributed by atoms with E-state index in [1.165, 1.54) is 17.4 Å². The van der Waals surface area contributed by atoms with Gasteiger partial charge in [0.1, 0.15) is 5.82 Å². The average molecular weight is 329 g/mol. The zero-order valence-corrected chi connectivity index (χ0v) is 11.9. The largest absolute Gasteiger partial charge is 0.347 e. The molecule has 1 aromatic carbocycles. The van der Waals surface area contributed by atoms with E-state index in [0.717, 1.165) is 10.6 Å². The number of amides is 1. The summed E-state index contributed by atoms with van der Waals surface area (Å²) in [5.41, 5.74) is 2.63. The second-order valence-corrected chi connectivity index (χ2v) is 5.43. The van der Waals surface area contributed by atoms with Gasteiger partial charge in [0.15, 0.2) is 0 Å². The minimum absolute atomic E-state index is 0.0275. The molecule has 0 aliphatic heterocycles. The van der Waals surface area contributed by atoms with Gasteiger partial charge in [-0.05, 0) is 35.0 Å². The molecule has 0 unspecified atom stereocenters. The van der Waals surface area contributed by atoms with Crippen LogP contribution in [0.2, 0.25) is 0 Å². The molecule has 0 atom stereocenters. The summed E-state index contributed by atoms with van der Waals surface area (Å²) in [6, 6.07) is 4.44. The Morgan fingerprint density at radius 3 is 2.94 bits per heavy atom. The first-order valence-corrected chi connectivity index (χ1v) is 6.88. The van der Waals surface area contributed by atoms with Crippen molar-refractivity contribution in [3.63, 3.8) is 0 Å². The lowest BCUT2D eigenvalue weighted by molar-refractivity contribution is 0.0946. The van der Waals surface area contributed by atoms with E-state index in [4.69, 9.17) is 0 Å². The van der Waals surface area contributed by atoms with Crippen LogP contribution in [0.25, 0.3) is 0 Å². The number of carbonyl (C=O) groups is 1. The Bertz CT molecular complexity index is 565. The van der Waals surface area contributed by atoms with Gasteiger partial charge in [-0.25, -0.2) is 9.37 Å². The predicted molar refractivity (Wildman–Crippen MR) is 72.1 cm³/mol. The Morgan fingerprint density at radius 2 is 2.33 bits per heavy atom. The second kappa shape index (κ2) is 5.58. The minimum atomic E-state index is -0.539. The summed E-state index contributed by atoms with van der Waals surface area (Å²) in [7, 11) is 0. The van der Waals surface area contributed by atoms with Crippen molar-refractivity contribution in [2.24, 2.45) is 0 Å². The number of aryl methyl sites for hydroxylation is 1. The van der Waals surface area contributed by atoms with Crippen molar-refractivity contribution in [2.75, 3.05) is 0 Å². The van der Waals surface area contributed by atoms with Crippen LogP contribution < -0.4 is 5.32 Å². The highest BCUT2D eigenvalue weighted by Gasteiger charge is 2.15. The first kappa shape index (κ1) is 13.2. The molecule has 0 aliphatic rings. The van der Waals surface area contributed by atoms with Crippen molar-refractivity contribution >= 4 is 33.2 Å². The van der Waals surface area contributed by atoms with Gasteiger partial charge in [-0.15, -0.1) is 11.3 Å². The minimum Gasteiger partial charge on any atom is -0.347 e. The van der Waals surface area contributed by atoms with Crippen LogP contribution in [0.5, 0.6) is 0 Å². The monoisotopic (exact) mass is 328 g/mol. The van der Waals surface area contributed by atoms with Crippen LogP contribution in [-0.4, -0.2) is 10.9 Å². The maximum absolute atomic E-state index is 13.5. The fraction of sp³-hybridized carbons (Fsp3) is 0.167. The molecule has 1 aromatic heterocycles. The van der Waals surface area contributed by atoms with Crippen LogP contribution in [0, 0.1) is 12.7 Å². The topological polar surface area (TPSA) is 42.0 Å². The van der Waals surface area contributed by atoms with Gasteiger partial charge in [-0.2, -0.15) is 0 Å². The number of carbonyl (C=O) groups excluding carboxylic acids is 1. The number of nitrogens with one attached hydrogen (secondary N) is 1. The Kier molecular flexibility index (Phi) is 4.08. The third kappa shape index (κ3) is 2.76. The molecule has 1 N–H and O–H groups in total. The maximum atomic E-state index is 13.5. The molecule has 94 valence electrons. The molecule has 2 aromatic rings. The van der Waals surface area contributed by atoms with E-state index in [0.29, 0.717) is 11.0 Å². The van der Waals surface area contributed by atoms with E-state index in [1.54, 1.807) is 17.6 Å². The third-order valence-corrected chi connectivity index (χ3v) is 4.04. The van der Waals surface area contributed by atoms with Gasteiger partial charge >= 0.3 is 0 Å². The second-order valence-electron chi connectivity index (χ2n) is 3.64. The lowest BCUT2D eigenvalue weighted by atomic mass is 10.2. The number of hydrogen-bond acceptors (Lipinski definition) is 3. The van der Waals surface area contributed by atoms with Crippen molar-refractivity contribution < 1.29 is 9.18 Å². The Hall–Kier alpha value is -1.27. The van der Waals surface area contributed by atoms with Crippen molar-refractivity contribution in [3.8, 4) is 0 Å². The summed E-state index contributed by atoms with van der Waals surface area (Å²) in [4.78, 5) is 17.0. The molecule has 1 heterocycles. The zero-order chi connectivity index (χ0) is 13.1. The van der Waals surface area contributed by atoms with Crippen molar-refractivity contribution in [1.29, 1.82) is 0 Å². The van der Waals surface area contributed by atoms with E-state index >= 15 is 0 Å². The molecule has 0 saturated carbocycles. The summed E-state index contributed by atoms with van der Waals surface area (Å²) < 4.78 is 14.0. The van der Waals surface area contributed by atoms with E-state index < -0.39 is 11.7 Å². The van der Waals surface area contributed by atoms with Gasteiger partial charge in [0, 0.05) is 9.35 Å². The quantitative estimate of drug-likeness (QED) is 0.939. The molecule has 2 rings (SSSR count). The lowest BCUT2D eigenvalue weighted by Gasteiger charge is -2.07. The lowest BCUT2D eigenvalue weighted by Crippen LogP contribution is -2.24. The highest BCUT2D eigenvalue weighted by molar-refractivity contribution is 9.10. The fourth-order valence-electron chi connectivity index (χ4n) is 1.46. The predicted octanol–water partition coefficient (Wildman–Crippen LogP) is 3.28. The standard InChI is InChI=1S/C12H10BrFN2OS/c1-7-10(18-6-16-7)5-15-12(17)11-8(13)3-2-4-9(11)14/h2-4,6H,5H2,1H3,(H,15,17). The molecule has 0 bridgehead atoms. The smallest absolute Gasteiger partial charge is 0.255 e. The van der Waals surface area contributed by atoms with E-state index in [-0.39, 0.29) is 5.56 Å². The molecule has 0 fully saturated rings. The summed E-state index contributed by atoms with van der Waals surface area (Å²) in [6.07, 6.45) is 0. The molecule has 0 spiro atoms. The van der Waals surface area contributed by atoms with E-state index in [1.807, 2.05) is 6.92 Å². The maximum Gasteiger partial charge on any atom is 0.255 e. The fourth-order valence-corrected chi connectivity index (χ4v) is 2.70. The van der Waals surface area contributed by atoms with E-state index in [9.17, 15) is 9.18 Å². The van der Waals surface area contributed by atoms with Crippen molar-refractivity contribution in [3.05, 3.63) is 50.1 Å². The third-order valence-electron chi connectivity index (χ3n) is 2.44. The number of thiazole rings is 1. The van der Waals surface area contributed by atoms with Gasteiger partial charge in [-0.3, -0.25) is 4.79 Å². The van der Waals surface area contributed by atoms with Gasteiger partial charge in [0.25, 0.3) is 5.91 Å². The number of hydrogen-bond donors (Lipinski definition) is 1. The summed E-state index contributed by atoms with van der Waals surface area (Å²) in [5, 5.41) is 2.69. The number of nitrogens with zero attached hydrogens (tertiary/aromatic N) is 1. The van der Waals surface area contributed by atoms with Gasteiger partial charge < -0.3 is 5.32 Å². The van der Waals surface area contributed by atoms with Crippen LogP contribution >= 0.6 is 27.3 Å². The van der Waals surface area contributed by atoms with Gasteiger partial charge in [0.05, 0.1) is 23.3 Å².